The molecule has 0 heterocycles. The van der Waals surface area contributed by atoms with E-state index in [1.807, 2.05) is 32.0 Å². The third-order valence-corrected chi connectivity index (χ3v) is 3.07. The summed E-state index contributed by atoms with van der Waals surface area (Å²) in [4.78, 5) is 0. The fraction of sp³-hybridized carbons (Fsp3) is 0.250. The van der Waals surface area contributed by atoms with Crippen LogP contribution in [0, 0.1) is 19.7 Å². The van der Waals surface area contributed by atoms with Crippen LogP contribution in [0.25, 0.3) is 0 Å². The fourth-order valence-electron chi connectivity index (χ4n) is 1.90. The Kier molecular flexibility index (Phi) is 4.17. The highest BCUT2D eigenvalue weighted by molar-refractivity contribution is 5.36. The molecule has 2 aromatic rings. The number of hydrogen-bond donors (Lipinski definition) is 1. The van der Waals surface area contributed by atoms with E-state index in [9.17, 15) is 4.39 Å². The van der Waals surface area contributed by atoms with Crippen LogP contribution in [0.2, 0.25) is 0 Å². The largest absolute Gasteiger partial charge is 0.489 e. The SMILES string of the molecule is Cc1ccc(C)c(OCc2ccc(F)c(CN)c2)c1. The first kappa shape index (κ1) is 13.6. The van der Waals surface area contributed by atoms with Gasteiger partial charge in [0.25, 0.3) is 0 Å². The summed E-state index contributed by atoms with van der Waals surface area (Å²) in [5.74, 6) is 0.594. The lowest BCUT2D eigenvalue weighted by molar-refractivity contribution is 0.303. The smallest absolute Gasteiger partial charge is 0.127 e. The normalized spacial score (nSPS) is 10.5. The van der Waals surface area contributed by atoms with Gasteiger partial charge in [0.05, 0.1) is 0 Å². The number of rotatable bonds is 4. The fourth-order valence-corrected chi connectivity index (χ4v) is 1.90. The minimum atomic E-state index is -0.266. The molecule has 0 aliphatic carbocycles. The van der Waals surface area contributed by atoms with Gasteiger partial charge in [-0.1, -0.05) is 18.2 Å². The number of nitrogens with two attached hydrogens (primary N) is 1. The van der Waals surface area contributed by atoms with Crippen LogP contribution in [-0.4, -0.2) is 0 Å². The Morgan fingerprint density at radius 1 is 1.11 bits per heavy atom. The van der Waals surface area contributed by atoms with E-state index in [0.29, 0.717) is 12.2 Å². The van der Waals surface area contributed by atoms with E-state index in [2.05, 4.69) is 0 Å². The second kappa shape index (κ2) is 5.85. The molecule has 0 atom stereocenters. The van der Waals surface area contributed by atoms with Crippen molar-refractivity contribution in [2.75, 3.05) is 0 Å². The van der Waals surface area contributed by atoms with Crippen LogP contribution in [0.4, 0.5) is 4.39 Å². The second-order valence-electron chi connectivity index (χ2n) is 4.69. The molecule has 0 aromatic heterocycles. The lowest BCUT2D eigenvalue weighted by atomic mass is 10.1. The molecule has 2 nitrogen and oxygen atoms in total. The molecule has 0 aliphatic heterocycles. The lowest BCUT2D eigenvalue weighted by Gasteiger charge is -2.11. The molecule has 2 aromatic carbocycles. The molecule has 0 spiro atoms. The molecule has 2 rings (SSSR count). The highest BCUT2D eigenvalue weighted by Crippen LogP contribution is 2.21. The average Bonchev–Trinajstić information content (AvgIpc) is 2.41. The Hall–Kier alpha value is -1.87. The molecular formula is C16H18FNO. The van der Waals surface area contributed by atoms with Crippen molar-refractivity contribution in [3.63, 3.8) is 0 Å². The molecule has 0 saturated carbocycles. The number of aryl methyl sites for hydroxylation is 2. The van der Waals surface area contributed by atoms with Gasteiger partial charge >= 0.3 is 0 Å². The maximum Gasteiger partial charge on any atom is 0.127 e. The van der Waals surface area contributed by atoms with Crippen LogP contribution in [0.1, 0.15) is 22.3 Å². The summed E-state index contributed by atoms with van der Waals surface area (Å²) in [5.41, 5.74) is 9.17. The van der Waals surface area contributed by atoms with E-state index >= 15 is 0 Å². The molecule has 19 heavy (non-hydrogen) atoms. The van der Waals surface area contributed by atoms with Crippen LogP contribution in [0.15, 0.2) is 36.4 Å². The van der Waals surface area contributed by atoms with Crippen LogP contribution in [0.3, 0.4) is 0 Å². The first-order chi connectivity index (χ1) is 9.10. The van der Waals surface area contributed by atoms with Crippen molar-refractivity contribution in [1.82, 2.24) is 0 Å². The molecule has 0 saturated heterocycles. The van der Waals surface area contributed by atoms with E-state index in [4.69, 9.17) is 10.5 Å². The van der Waals surface area contributed by atoms with Gasteiger partial charge in [0.2, 0.25) is 0 Å². The topological polar surface area (TPSA) is 35.2 Å². The van der Waals surface area contributed by atoms with Gasteiger partial charge in [0.1, 0.15) is 18.2 Å². The van der Waals surface area contributed by atoms with Crippen LogP contribution in [-0.2, 0) is 13.2 Å². The Balaban J connectivity index is 2.12. The van der Waals surface area contributed by atoms with Crippen molar-refractivity contribution in [3.05, 3.63) is 64.5 Å². The highest BCUT2D eigenvalue weighted by Gasteiger charge is 2.04. The minimum Gasteiger partial charge on any atom is -0.489 e. The second-order valence-corrected chi connectivity index (χ2v) is 4.69. The zero-order valence-corrected chi connectivity index (χ0v) is 11.2. The van der Waals surface area contributed by atoms with Gasteiger partial charge in [-0.2, -0.15) is 0 Å². The maximum atomic E-state index is 13.3. The zero-order valence-electron chi connectivity index (χ0n) is 11.2. The van der Waals surface area contributed by atoms with Gasteiger partial charge in [-0.25, -0.2) is 4.39 Å². The van der Waals surface area contributed by atoms with Gasteiger partial charge < -0.3 is 10.5 Å². The summed E-state index contributed by atoms with van der Waals surface area (Å²) in [7, 11) is 0. The van der Waals surface area contributed by atoms with Gasteiger partial charge in [-0.15, -0.1) is 0 Å². The molecular weight excluding hydrogens is 241 g/mol. The van der Waals surface area contributed by atoms with Gasteiger partial charge in [0, 0.05) is 12.1 Å². The molecule has 3 heteroatoms. The standard InChI is InChI=1S/C16H18FNO/c1-11-3-4-12(2)16(7-11)19-10-13-5-6-15(17)14(8-13)9-18/h3-8H,9-10,18H2,1-2H3. The van der Waals surface area contributed by atoms with Crippen molar-refractivity contribution in [1.29, 1.82) is 0 Å². The van der Waals surface area contributed by atoms with Crippen molar-refractivity contribution >= 4 is 0 Å². The molecule has 0 unspecified atom stereocenters. The van der Waals surface area contributed by atoms with Gasteiger partial charge in [-0.05, 0) is 48.7 Å². The number of hydrogen-bond acceptors (Lipinski definition) is 2. The Morgan fingerprint density at radius 3 is 2.63 bits per heavy atom. The molecule has 0 bridgehead atoms. The Labute approximate surface area is 113 Å². The van der Waals surface area contributed by atoms with Crippen molar-refractivity contribution in [2.24, 2.45) is 5.73 Å². The van der Waals surface area contributed by atoms with Gasteiger partial charge in [-0.3, -0.25) is 0 Å². The molecule has 100 valence electrons. The van der Waals surface area contributed by atoms with Crippen molar-refractivity contribution in [3.8, 4) is 5.75 Å². The molecule has 0 amide bonds. The Morgan fingerprint density at radius 2 is 1.89 bits per heavy atom. The number of halogens is 1. The molecule has 0 radical (unpaired) electrons. The van der Waals surface area contributed by atoms with Crippen LogP contribution >= 0.6 is 0 Å². The first-order valence-corrected chi connectivity index (χ1v) is 6.27. The number of ether oxygens (including phenoxy) is 1. The third-order valence-electron chi connectivity index (χ3n) is 3.07. The maximum absolute atomic E-state index is 13.3. The lowest BCUT2D eigenvalue weighted by Crippen LogP contribution is -2.03. The Bertz CT molecular complexity index is 581. The van der Waals surface area contributed by atoms with E-state index in [1.165, 1.54) is 6.07 Å². The zero-order chi connectivity index (χ0) is 13.8. The summed E-state index contributed by atoms with van der Waals surface area (Å²) in [5, 5.41) is 0. The monoisotopic (exact) mass is 259 g/mol. The summed E-state index contributed by atoms with van der Waals surface area (Å²) in [6.07, 6.45) is 0. The molecule has 0 fully saturated rings. The van der Waals surface area contributed by atoms with Crippen molar-refractivity contribution in [2.45, 2.75) is 27.0 Å². The van der Waals surface area contributed by atoms with Crippen LogP contribution < -0.4 is 10.5 Å². The van der Waals surface area contributed by atoms with Gasteiger partial charge in [0.15, 0.2) is 0 Å². The summed E-state index contributed by atoms with van der Waals surface area (Å²) >= 11 is 0. The quantitative estimate of drug-likeness (QED) is 0.912. The van der Waals surface area contributed by atoms with E-state index in [1.54, 1.807) is 12.1 Å². The average molecular weight is 259 g/mol. The third kappa shape index (κ3) is 3.32. The van der Waals surface area contributed by atoms with E-state index in [-0.39, 0.29) is 12.4 Å². The molecule has 0 aliphatic rings. The summed E-state index contributed by atoms with van der Waals surface area (Å²) < 4.78 is 19.1. The van der Waals surface area contributed by atoms with Crippen molar-refractivity contribution < 1.29 is 9.13 Å². The summed E-state index contributed by atoms with van der Waals surface area (Å²) in [6.45, 7) is 4.64. The minimum absolute atomic E-state index is 0.198. The first-order valence-electron chi connectivity index (χ1n) is 6.27. The van der Waals surface area contributed by atoms with E-state index < -0.39 is 0 Å². The van der Waals surface area contributed by atoms with Crippen LogP contribution in [0.5, 0.6) is 5.75 Å². The van der Waals surface area contributed by atoms with E-state index in [0.717, 1.165) is 22.4 Å². The summed E-state index contributed by atoms with van der Waals surface area (Å²) in [6, 6.07) is 11.0. The highest BCUT2D eigenvalue weighted by atomic mass is 19.1. The molecule has 2 N–H and O–H groups in total. The predicted molar refractivity (Wildman–Crippen MR) is 74.5 cm³/mol. The predicted octanol–water partition coefficient (Wildman–Crippen LogP) is 3.48. The number of benzene rings is 2.